The largest absolute Gasteiger partial charge is 0.457 e. The van der Waals surface area contributed by atoms with Crippen LogP contribution in [0.2, 0.25) is 0 Å². The van der Waals surface area contributed by atoms with Crippen molar-refractivity contribution >= 4 is 42.4 Å². The number of ether oxygens (including phenoxy) is 1. The zero-order valence-electron chi connectivity index (χ0n) is 32.8. The molecule has 0 bridgehead atoms. The van der Waals surface area contributed by atoms with Gasteiger partial charge in [0.25, 0.3) is 0 Å². The Morgan fingerprint density at radius 3 is 1.70 bits per heavy atom. The first-order chi connectivity index (χ1) is 30.2. The molecule has 9 aromatic carbocycles. The smallest absolute Gasteiger partial charge is 0.160 e. The van der Waals surface area contributed by atoms with Crippen LogP contribution in [0, 0.1) is 0 Å². The molecule has 3 nitrogen and oxygen atoms in total. The van der Waals surface area contributed by atoms with E-state index in [0.29, 0.717) is 5.82 Å². The molecule has 61 heavy (non-hydrogen) atoms. The summed E-state index contributed by atoms with van der Waals surface area (Å²) in [6, 6.07) is 74.1. The molecule has 1 spiro atoms. The Morgan fingerprint density at radius 2 is 0.984 bits per heavy atom. The van der Waals surface area contributed by atoms with Crippen LogP contribution in [0.3, 0.4) is 0 Å². The molecule has 0 radical (unpaired) electrons. The molecular weight excluding hydrogens is 761 g/mol. The fourth-order valence-corrected chi connectivity index (χ4v) is 11.3. The number of hydrogen-bond donors (Lipinski definition) is 0. The number of para-hydroxylation sites is 2. The summed E-state index contributed by atoms with van der Waals surface area (Å²) in [5, 5.41) is 3.56. The normalized spacial score (nSPS) is 13.2. The number of hydrogen-bond acceptors (Lipinski definition) is 4. The van der Waals surface area contributed by atoms with Crippen LogP contribution in [-0.4, -0.2) is 9.97 Å². The average Bonchev–Trinajstić information content (AvgIpc) is 3.86. The average molecular weight is 795 g/mol. The van der Waals surface area contributed by atoms with Crippen LogP contribution in [0.5, 0.6) is 11.5 Å². The highest BCUT2D eigenvalue weighted by Crippen LogP contribution is 2.64. The Kier molecular flexibility index (Phi) is 7.39. The molecule has 0 unspecified atom stereocenters. The van der Waals surface area contributed by atoms with Gasteiger partial charge < -0.3 is 4.74 Å². The summed E-state index contributed by atoms with van der Waals surface area (Å²) in [6.45, 7) is 0. The minimum absolute atomic E-state index is 0.625. The third kappa shape index (κ3) is 4.97. The van der Waals surface area contributed by atoms with Crippen LogP contribution in [0.4, 0.5) is 0 Å². The molecule has 0 fully saturated rings. The topological polar surface area (TPSA) is 35.0 Å². The number of aromatic nitrogens is 2. The van der Waals surface area contributed by atoms with E-state index in [9.17, 15) is 0 Å². The zero-order valence-corrected chi connectivity index (χ0v) is 33.7. The number of fused-ring (bicyclic) bond motifs is 14. The van der Waals surface area contributed by atoms with Gasteiger partial charge in [-0.1, -0.05) is 170 Å². The van der Waals surface area contributed by atoms with Gasteiger partial charge in [0.1, 0.15) is 11.5 Å². The second-order valence-electron chi connectivity index (χ2n) is 16.0. The first-order valence-corrected chi connectivity index (χ1v) is 21.5. The molecule has 1 aliphatic carbocycles. The molecule has 3 heterocycles. The predicted octanol–water partition coefficient (Wildman–Crippen LogP) is 15.1. The number of nitrogens with zero attached hydrogens (tertiary/aromatic N) is 2. The minimum atomic E-state index is -0.625. The summed E-state index contributed by atoms with van der Waals surface area (Å²) in [6.07, 6.45) is 0. The highest BCUT2D eigenvalue weighted by molar-refractivity contribution is 7.26. The Balaban J connectivity index is 1.16. The van der Waals surface area contributed by atoms with Crippen LogP contribution in [0.15, 0.2) is 206 Å². The zero-order chi connectivity index (χ0) is 40.1. The summed E-state index contributed by atoms with van der Waals surface area (Å²) in [4.78, 5) is 11.2. The van der Waals surface area contributed by atoms with Crippen molar-refractivity contribution in [3.63, 3.8) is 0 Å². The first-order valence-electron chi connectivity index (χ1n) is 20.7. The molecular formula is C57H34N2OS. The lowest BCUT2D eigenvalue weighted by Crippen LogP contribution is -2.32. The molecule has 284 valence electrons. The van der Waals surface area contributed by atoms with Gasteiger partial charge in [-0.25, -0.2) is 9.97 Å². The van der Waals surface area contributed by atoms with E-state index in [2.05, 4.69) is 206 Å². The molecule has 11 aromatic rings. The van der Waals surface area contributed by atoms with E-state index in [1.165, 1.54) is 37.7 Å². The third-order valence-corrected chi connectivity index (χ3v) is 13.9. The van der Waals surface area contributed by atoms with Crippen molar-refractivity contribution in [1.82, 2.24) is 9.97 Å². The van der Waals surface area contributed by atoms with Gasteiger partial charge in [0.2, 0.25) is 0 Å². The van der Waals surface area contributed by atoms with Crippen molar-refractivity contribution in [1.29, 1.82) is 0 Å². The van der Waals surface area contributed by atoms with Crippen LogP contribution in [0.25, 0.3) is 87.1 Å². The van der Waals surface area contributed by atoms with Gasteiger partial charge in [-0.2, -0.15) is 0 Å². The van der Waals surface area contributed by atoms with Gasteiger partial charge in [-0.05, 0) is 91.7 Å². The summed E-state index contributed by atoms with van der Waals surface area (Å²) in [5.74, 6) is 2.45. The van der Waals surface area contributed by atoms with Crippen molar-refractivity contribution in [2.24, 2.45) is 0 Å². The lowest BCUT2D eigenvalue weighted by atomic mass is 9.66. The molecule has 0 saturated carbocycles. The van der Waals surface area contributed by atoms with Crippen LogP contribution in [-0.2, 0) is 5.41 Å². The maximum atomic E-state index is 6.72. The first kappa shape index (κ1) is 34.2. The number of benzene rings is 9. The fraction of sp³-hybridized carbons (Fsp3) is 0.0175. The lowest BCUT2D eigenvalue weighted by Gasteiger charge is -2.39. The van der Waals surface area contributed by atoms with E-state index >= 15 is 0 Å². The molecule has 1 aliphatic heterocycles. The van der Waals surface area contributed by atoms with E-state index in [0.717, 1.165) is 77.3 Å². The van der Waals surface area contributed by atoms with E-state index in [-0.39, 0.29) is 0 Å². The van der Waals surface area contributed by atoms with Crippen LogP contribution in [0.1, 0.15) is 22.3 Å². The van der Waals surface area contributed by atoms with Gasteiger partial charge in [0.15, 0.2) is 5.82 Å². The van der Waals surface area contributed by atoms with Gasteiger partial charge in [0.05, 0.1) is 21.3 Å². The molecule has 0 saturated heterocycles. The highest BCUT2D eigenvalue weighted by Gasteiger charge is 2.52. The number of rotatable bonds is 4. The Bertz CT molecular complexity index is 3470. The number of thiophene rings is 1. The van der Waals surface area contributed by atoms with E-state index < -0.39 is 5.41 Å². The van der Waals surface area contributed by atoms with E-state index in [4.69, 9.17) is 14.7 Å². The maximum Gasteiger partial charge on any atom is 0.160 e. The van der Waals surface area contributed by atoms with Crippen molar-refractivity contribution in [2.45, 2.75) is 5.41 Å². The van der Waals surface area contributed by atoms with E-state index in [1.54, 1.807) is 11.3 Å². The molecule has 4 heteroatoms. The Hall–Kier alpha value is -7.66. The summed E-state index contributed by atoms with van der Waals surface area (Å²) in [5.41, 5.74) is 15.1. The summed E-state index contributed by atoms with van der Waals surface area (Å²) in [7, 11) is 0. The molecule has 2 aliphatic rings. The maximum absolute atomic E-state index is 6.72. The van der Waals surface area contributed by atoms with Crippen molar-refractivity contribution in [3.05, 3.63) is 229 Å². The molecule has 0 N–H and O–H groups in total. The fourth-order valence-electron chi connectivity index (χ4n) is 10.2. The molecule has 0 amide bonds. The van der Waals surface area contributed by atoms with Crippen molar-refractivity contribution in [3.8, 4) is 67.5 Å². The second kappa shape index (κ2) is 13.2. The van der Waals surface area contributed by atoms with E-state index in [1.807, 2.05) is 0 Å². The molecule has 2 aromatic heterocycles. The quantitative estimate of drug-likeness (QED) is 0.178. The third-order valence-electron chi connectivity index (χ3n) is 12.7. The second-order valence-corrected chi connectivity index (χ2v) is 17.0. The van der Waals surface area contributed by atoms with Crippen LogP contribution < -0.4 is 4.74 Å². The highest BCUT2D eigenvalue weighted by atomic mass is 32.1. The summed E-state index contributed by atoms with van der Waals surface area (Å²) >= 11 is 1.78. The molecule has 0 atom stereocenters. The summed E-state index contributed by atoms with van der Waals surface area (Å²) < 4.78 is 8.99. The van der Waals surface area contributed by atoms with Gasteiger partial charge >= 0.3 is 0 Å². The SMILES string of the molecule is c1ccc(-c2cc(-c3ccccc3)cc(-c3nc(-c4cccc5c4-c4c(ccc6ccccc46)C54c5ccccc5Oc5ccccc54)c4sc5ccccc5c4n3)c2)cc1. The van der Waals surface area contributed by atoms with Gasteiger partial charge in [-0.15, -0.1) is 11.3 Å². The van der Waals surface area contributed by atoms with Crippen molar-refractivity contribution in [2.75, 3.05) is 0 Å². The van der Waals surface area contributed by atoms with Gasteiger partial charge in [0, 0.05) is 32.3 Å². The minimum Gasteiger partial charge on any atom is -0.457 e. The molecule has 13 rings (SSSR count). The monoisotopic (exact) mass is 794 g/mol. The van der Waals surface area contributed by atoms with Crippen LogP contribution >= 0.6 is 11.3 Å². The lowest BCUT2D eigenvalue weighted by molar-refractivity contribution is 0.436. The standard InChI is InChI=1S/C57H34N2OS/c1-3-16-35(17-4-1)38-32-39(36-18-5-2-6-19-36)34-40(33-38)56-58-53-42-22-9-14-29-50(42)61-55(53)54(59-56)43-23-15-26-46-52(43)51-41-21-8-7-20-37(41)30-31-47(51)57(46)44-24-10-12-27-48(44)60-49-28-13-11-25-45(49)57/h1-34H. The Labute approximate surface area is 356 Å². The van der Waals surface area contributed by atoms with Crippen molar-refractivity contribution < 1.29 is 4.74 Å². The Morgan fingerprint density at radius 1 is 0.410 bits per heavy atom. The predicted molar refractivity (Wildman–Crippen MR) is 252 cm³/mol. The van der Waals surface area contributed by atoms with Gasteiger partial charge in [-0.3, -0.25) is 0 Å².